The number of fused-ring (bicyclic) bond motifs is 1. The van der Waals surface area contributed by atoms with Gasteiger partial charge in [-0.3, -0.25) is 0 Å². The standard InChI is InChI=1S/C14H21N3/c15-8-6-11-7-9-17(10-11)14-5-4-12-2-1-3-13(12)16-14/h4-5,11H,1-3,6-10,15H2. The Bertz CT molecular complexity index is 402. The predicted octanol–water partition coefficient (Wildman–Crippen LogP) is 1.75. The van der Waals surface area contributed by atoms with Crippen LogP contribution in [0.5, 0.6) is 0 Å². The van der Waals surface area contributed by atoms with Crippen LogP contribution in [0.25, 0.3) is 0 Å². The summed E-state index contributed by atoms with van der Waals surface area (Å²) in [6.45, 7) is 3.11. The fourth-order valence-electron chi connectivity index (χ4n) is 3.10. The predicted molar refractivity (Wildman–Crippen MR) is 70.3 cm³/mol. The van der Waals surface area contributed by atoms with Crippen LogP contribution in [0, 0.1) is 5.92 Å². The van der Waals surface area contributed by atoms with Crippen LogP contribution in [0.4, 0.5) is 5.82 Å². The molecule has 1 aliphatic carbocycles. The van der Waals surface area contributed by atoms with Gasteiger partial charge in [0.1, 0.15) is 5.82 Å². The molecule has 0 spiro atoms. The summed E-state index contributed by atoms with van der Waals surface area (Å²) in [6, 6.07) is 4.48. The number of hydrogen-bond acceptors (Lipinski definition) is 3. The van der Waals surface area contributed by atoms with Gasteiger partial charge in [0, 0.05) is 18.8 Å². The highest BCUT2D eigenvalue weighted by Crippen LogP contribution is 2.27. The van der Waals surface area contributed by atoms with Gasteiger partial charge in [0.2, 0.25) is 0 Å². The molecule has 0 saturated carbocycles. The fourth-order valence-corrected chi connectivity index (χ4v) is 3.10. The number of rotatable bonds is 3. The van der Waals surface area contributed by atoms with Crippen molar-refractivity contribution in [1.29, 1.82) is 0 Å². The average molecular weight is 231 g/mol. The minimum Gasteiger partial charge on any atom is -0.356 e. The molecule has 3 nitrogen and oxygen atoms in total. The summed E-state index contributed by atoms with van der Waals surface area (Å²) in [7, 11) is 0. The summed E-state index contributed by atoms with van der Waals surface area (Å²) in [6.07, 6.45) is 6.10. The van der Waals surface area contributed by atoms with E-state index in [4.69, 9.17) is 10.7 Å². The minimum atomic E-state index is 0.773. The molecule has 0 aromatic carbocycles. The lowest BCUT2D eigenvalue weighted by atomic mass is 10.1. The number of hydrogen-bond donors (Lipinski definition) is 1. The van der Waals surface area contributed by atoms with Crippen molar-refractivity contribution in [2.75, 3.05) is 24.5 Å². The molecule has 1 atom stereocenters. The SMILES string of the molecule is NCCC1CCN(c2ccc3c(n2)CCC3)C1. The summed E-state index contributed by atoms with van der Waals surface area (Å²) in [5, 5.41) is 0. The third kappa shape index (κ3) is 2.16. The second-order valence-electron chi connectivity index (χ2n) is 5.31. The zero-order valence-electron chi connectivity index (χ0n) is 10.4. The zero-order valence-corrected chi connectivity index (χ0v) is 10.4. The molecule has 0 amide bonds. The Morgan fingerprint density at radius 3 is 3.18 bits per heavy atom. The number of pyridine rings is 1. The Kier molecular flexibility index (Phi) is 3.02. The molecule has 2 heterocycles. The van der Waals surface area contributed by atoms with Crippen molar-refractivity contribution in [3.8, 4) is 0 Å². The van der Waals surface area contributed by atoms with Gasteiger partial charge >= 0.3 is 0 Å². The number of aromatic nitrogens is 1. The third-order valence-corrected chi connectivity index (χ3v) is 4.10. The van der Waals surface area contributed by atoms with Crippen molar-refractivity contribution in [3.05, 3.63) is 23.4 Å². The summed E-state index contributed by atoms with van der Waals surface area (Å²) in [4.78, 5) is 7.25. The van der Waals surface area contributed by atoms with Crippen LogP contribution in [0.15, 0.2) is 12.1 Å². The van der Waals surface area contributed by atoms with E-state index < -0.39 is 0 Å². The molecule has 2 aliphatic rings. The van der Waals surface area contributed by atoms with Crippen molar-refractivity contribution < 1.29 is 0 Å². The van der Waals surface area contributed by atoms with Crippen LogP contribution in [0.2, 0.25) is 0 Å². The molecule has 1 fully saturated rings. The Morgan fingerprint density at radius 2 is 2.29 bits per heavy atom. The molecule has 1 saturated heterocycles. The number of nitrogens with zero attached hydrogens (tertiary/aromatic N) is 2. The molecular weight excluding hydrogens is 210 g/mol. The fraction of sp³-hybridized carbons (Fsp3) is 0.643. The van der Waals surface area contributed by atoms with Crippen LogP contribution in [-0.4, -0.2) is 24.6 Å². The first kappa shape index (κ1) is 11.0. The van der Waals surface area contributed by atoms with Crippen molar-refractivity contribution in [3.63, 3.8) is 0 Å². The Labute approximate surface area is 103 Å². The van der Waals surface area contributed by atoms with Gasteiger partial charge in [-0.2, -0.15) is 0 Å². The van der Waals surface area contributed by atoms with Gasteiger partial charge < -0.3 is 10.6 Å². The van der Waals surface area contributed by atoms with E-state index in [1.165, 1.54) is 42.8 Å². The topological polar surface area (TPSA) is 42.1 Å². The van der Waals surface area contributed by atoms with Crippen molar-refractivity contribution in [2.45, 2.75) is 32.1 Å². The molecule has 0 bridgehead atoms. The van der Waals surface area contributed by atoms with E-state index in [-0.39, 0.29) is 0 Å². The summed E-state index contributed by atoms with van der Waals surface area (Å²) < 4.78 is 0. The van der Waals surface area contributed by atoms with Gasteiger partial charge in [0.15, 0.2) is 0 Å². The zero-order chi connectivity index (χ0) is 11.7. The Morgan fingerprint density at radius 1 is 1.35 bits per heavy atom. The number of aryl methyl sites for hydroxylation is 2. The van der Waals surface area contributed by atoms with Crippen LogP contribution in [0.1, 0.15) is 30.5 Å². The van der Waals surface area contributed by atoms with Gasteiger partial charge in [-0.05, 0) is 56.2 Å². The van der Waals surface area contributed by atoms with Gasteiger partial charge in [0.05, 0.1) is 0 Å². The molecule has 3 heteroatoms. The summed E-state index contributed by atoms with van der Waals surface area (Å²) >= 11 is 0. The van der Waals surface area contributed by atoms with Crippen LogP contribution < -0.4 is 10.6 Å². The molecule has 1 aromatic rings. The number of anilines is 1. The van der Waals surface area contributed by atoms with Gasteiger partial charge in [-0.25, -0.2) is 4.98 Å². The second kappa shape index (κ2) is 4.65. The molecular formula is C14H21N3. The monoisotopic (exact) mass is 231 g/mol. The minimum absolute atomic E-state index is 0.773. The summed E-state index contributed by atoms with van der Waals surface area (Å²) in [5.41, 5.74) is 8.43. The van der Waals surface area contributed by atoms with Gasteiger partial charge in [-0.15, -0.1) is 0 Å². The first-order valence-corrected chi connectivity index (χ1v) is 6.80. The highest BCUT2D eigenvalue weighted by molar-refractivity contribution is 5.44. The van der Waals surface area contributed by atoms with Crippen molar-refractivity contribution >= 4 is 5.82 Å². The molecule has 2 N–H and O–H groups in total. The highest BCUT2D eigenvalue weighted by Gasteiger charge is 2.23. The lowest BCUT2D eigenvalue weighted by Gasteiger charge is -2.18. The van der Waals surface area contributed by atoms with Crippen molar-refractivity contribution in [1.82, 2.24) is 4.98 Å². The van der Waals surface area contributed by atoms with E-state index in [0.717, 1.165) is 32.0 Å². The van der Waals surface area contributed by atoms with Crippen LogP contribution in [-0.2, 0) is 12.8 Å². The Hall–Kier alpha value is -1.09. The maximum atomic E-state index is 5.63. The molecule has 0 radical (unpaired) electrons. The first-order chi connectivity index (χ1) is 8.36. The molecule has 1 unspecified atom stereocenters. The van der Waals surface area contributed by atoms with E-state index in [2.05, 4.69) is 17.0 Å². The molecule has 17 heavy (non-hydrogen) atoms. The maximum absolute atomic E-state index is 5.63. The molecule has 1 aliphatic heterocycles. The van der Waals surface area contributed by atoms with Gasteiger partial charge in [0.25, 0.3) is 0 Å². The van der Waals surface area contributed by atoms with E-state index >= 15 is 0 Å². The average Bonchev–Trinajstić information content (AvgIpc) is 2.96. The molecule has 3 rings (SSSR count). The van der Waals surface area contributed by atoms with E-state index in [9.17, 15) is 0 Å². The lowest BCUT2D eigenvalue weighted by molar-refractivity contribution is 0.546. The second-order valence-corrected chi connectivity index (χ2v) is 5.31. The lowest BCUT2D eigenvalue weighted by Crippen LogP contribution is -2.21. The normalized spacial score (nSPS) is 23.1. The van der Waals surface area contributed by atoms with E-state index in [0.29, 0.717) is 0 Å². The largest absolute Gasteiger partial charge is 0.356 e. The van der Waals surface area contributed by atoms with Crippen LogP contribution in [0.3, 0.4) is 0 Å². The van der Waals surface area contributed by atoms with Crippen molar-refractivity contribution in [2.24, 2.45) is 11.7 Å². The summed E-state index contributed by atoms with van der Waals surface area (Å²) in [5.74, 6) is 1.96. The van der Waals surface area contributed by atoms with Gasteiger partial charge in [-0.1, -0.05) is 6.07 Å². The molecule has 1 aromatic heterocycles. The maximum Gasteiger partial charge on any atom is 0.128 e. The van der Waals surface area contributed by atoms with E-state index in [1.807, 2.05) is 0 Å². The Balaban J connectivity index is 1.73. The third-order valence-electron chi connectivity index (χ3n) is 4.10. The first-order valence-electron chi connectivity index (χ1n) is 6.80. The van der Waals surface area contributed by atoms with Crippen LogP contribution >= 0.6 is 0 Å². The highest BCUT2D eigenvalue weighted by atomic mass is 15.2. The van der Waals surface area contributed by atoms with E-state index in [1.54, 1.807) is 0 Å². The molecule has 92 valence electrons. The quantitative estimate of drug-likeness (QED) is 0.861. The smallest absolute Gasteiger partial charge is 0.128 e. The number of nitrogens with two attached hydrogens (primary N) is 1.